The van der Waals surface area contributed by atoms with E-state index in [0.717, 1.165) is 26.7 Å². The van der Waals surface area contributed by atoms with Crippen molar-refractivity contribution < 1.29 is 9.59 Å². The molecule has 0 aliphatic carbocycles. The normalized spacial score (nSPS) is 11.7. The molecule has 1 N–H and O–H groups in total. The Labute approximate surface area is 170 Å². The lowest BCUT2D eigenvalue weighted by Crippen LogP contribution is -2.48. The maximum absolute atomic E-state index is 13.1. The molecule has 0 saturated heterocycles. The van der Waals surface area contributed by atoms with Crippen LogP contribution in [0.4, 0.5) is 0 Å². The molecule has 5 heteroatoms. The van der Waals surface area contributed by atoms with Crippen molar-refractivity contribution in [3.63, 3.8) is 0 Å². The summed E-state index contributed by atoms with van der Waals surface area (Å²) in [5, 5.41) is 2.82. The van der Waals surface area contributed by atoms with Crippen LogP contribution in [-0.4, -0.2) is 29.3 Å². The third-order valence-electron chi connectivity index (χ3n) is 4.42. The molecule has 27 heavy (non-hydrogen) atoms. The Bertz CT molecular complexity index is 782. The summed E-state index contributed by atoms with van der Waals surface area (Å²) < 4.78 is 0.983. The number of amides is 2. The van der Waals surface area contributed by atoms with E-state index in [4.69, 9.17) is 0 Å². The predicted octanol–water partition coefficient (Wildman–Crippen LogP) is 4.16. The maximum atomic E-state index is 13.1. The van der Waals surface area contributed by atoms with Crippen molar-refractivity contribution in [3.05, 3.63) is 69.2 Å². The first-order valence-electron chi connectivity index (χ1n) is 9.19. The van der Waals surface area contributed by atoms with Crippen LogP contribution in [0.3, 0.4) is 0 Å². The van der Waals surface area contributed by atoms with E-state index < -0.39 is 6.04 Å². The zero-order chi connectivity index (χ0) is 20.0. The lowest BCUT2D eigenvalue weighted by molar-refractivity contribution is -0.140. The number of rotatable bonds is 7. The summed E-state index contributed by atoms with van der Waals surface area (Å²) in [5.41, 5.74) is 4.23. The van der Waals surface area contributed by atoms with Crippen molar-refractivity contribution in [2.24, 2.45) is 0 Å². The molecule has 2 aromatic carbocycles. The van der Waals surface area contributed by atoms with Crippen molar-refractivity contribution >= 4 is 27.7 Å². The highest BCUT2D eigenvalue weighted by Crippen LogP contribution is 2.16. The standard InChI is InChI=1S/C22H27BrN2O2/c1-5-24-22(27)17(4)25(14-18-6-8-20(23)9-7-18)21(26)13-19-11-15(2)10-16(3)12-19/h6-12,17H,5,13-14H2,1-4H3,(H,24,27). The molecule has 2 aromatic rings. The fourth-order valence-corrected chi connectivity index (χ4v) is 3.40. The van der Waals surface area contributed by atoms with Gasteiger partial charge in [0.1, 0.15) is 6.04 Å². The van der Waals surface area contributed by atoms with Gasteiger partial charge in [-0.25, -0.2) is 0 Å². The van der Waals surface area contributed by atoms with Crippen LogP contribution in [0.2, 0.25) is 0 Å². The number of carbonyl (C=O) groups is 2. The summed E-state index contributed by atoms with van der Waals surface area (Å²) in [5.74, 6) is -0.190. The van der Waals surface area contributed by atoms with Crippen LogP contribution >= 0.6 is 15.9 Å². The van der Waals surface area contributed by atoms with Gasteiger partial charge in [0, 0.05) is 17.6 Å². The first-order valence-corrected chi connectivity index (χ1v) is 9.98. The number of hydrogen-bond acceptors (Lipinski definition) is 2. The number of halogens is 1. The molecule has 0 heterocycles. The molecule has 1 atom stereocenters. The van der Waals surface area contributed by atoms with Crippen molar-refractivity contribution in [2.75, 3.05) is 6.54 Å². The van der Waals surface area contributed by atoms with E-state index in [1.54, 1.807) is 11.8 Å². The molecule has 0 saturated carbocycles. The molecule has 0 radical (unpaired) electrons. The fourth-order valence-electron chi connectivity index (χ4n) is 3.14. The fraction of sp³-hybridized carbons (Fsp3) is 0.364. The molecule has 0 aliphatic rings. The van der Waals surface area contributed by atoms with Crippen LogP contribution in [0, 0.1) is 13.8 Å². The van der Waals surface area contributed by atoms with Crippen LogP contribution in [0.15, 0.2) is 46.9 Å². The molecule has 4 nitrogen and oxygen atoms in total. The molecular formula is C22H27BrN2O2. The minimum absolute atomic E-state index is 0.0540. The Hall–Kier alpha value is -2.14. The van der Waals surface area contributed by atoms with Gasteiger partial charge in [0.15, 0.2) is 0 Å². The third-order valence-corrected chi connectivity index (χ3v) is 4.95. The SMILES string of the molecule is CCNC(=O)C(C)N(Cc1ccc(Br)cc1)C(=O)Cc1cc(C)cc(C)c1. The molecule has 0 bridgehead atoms. The number of nitrogens with zero attached hydrogens (tertiary/aromatic N) is 1. The summed E-state index contributed by atoms with van der Waals surface area (Å²) in [4.78, 5) is 27.1. The monoisotopic (exact) mass is 430 g/mol. The molecule has 0 aromatic heterocycles. The number of likely N-dealkylation sites (N-methyl/N-ethyl adjacent to an activating group) is 1. The van der Waals surface area contributed by atoms with Crippen molar-refractivity contribution in [3.8, 4) is 0 Å². The lowest BCUT2D eigenvalue weighted by Gasteiger charge is -2.29. The average molecular weight is 431 g/mol. The van der Waals surface area contributed by atoms with Gasteiger partial charge in [-0.05, 0) is 51.0 Å². The van der Waals surface area contributed by atoms with Gasteiger partial charge in [0.25, 0.3) is 0 Å². The summed E-state index contributed by atoms with van der Waals surface area (Å²) >= 11 is 3.43. The summed E-state index contributed by atoms with van der Waals surface area (Å²) in [6.45, 7) is 8.65. The van der Waals surface area contributed by atoms with E-state index in [2.05, 4.69) is 27.3 Å². The van der Waals surface area contributed by atoms with E-state index in [-0.39, 0.29) is 18.2 Å². The first-order chi connectivity index (χ1) is 12.8. The quantitative estimate of drug-likeness (QED) is 0.716. The molecule has 2 amide bonds. The molecule has 0 spiro atoms. The summed E-state index contributed by atoms with van der Waals surface area (Å²) in [6, 6.07) is 13.4. The van der Waals surface area contributed by atoms with Crippen molar-refractivity contribution in [1.29, 1.82) is 0 Å². The predicted molar refractivity (Wildman–Crippen MR) is 112 cm³/mol. The Morgan fingerprint density at radius 3 is 2.19 bits per heavy atom. The van der Waals surface area contributed by atoms with E-state index in [1.165, 1.54) is 0 Å². The zero-order valence-electron chi connectivity index (χ0n) is 16.4. The van der Waals surface area contributed by atoms with E-state index >= 15 is 0 Å². The van der Waals surface area contributed by atoms with Crippen LogP contribution < -0.4 is 5.32 Å². The van der Waals surface area contributed by atoms with E-state index in [1.807, 2.05) is 57.2 Å². The smallest absolute Gasteiger partial charge is 0.242 e. The van der Waals surface area contributed by atoms with Crippen LogP contribution in [0.25, 0.3) is 0 Å². The Morgan fingerprint density at radius 2 is 1.63 bits per heavy atom. The van der Waals surface area contributed by atoms with Crippen LogP contribution in [0.1, 0.15) is 36.1 Å². The lowest BCUT2D eigenvalue weighted by atomic mass is 10.0. The van der Waals surface area contributed by atoms with Gasteiger partial charge < -0.3 is 10.2 Å². The minimum atomic E-state index is -0.535. The Morgan fingerprint density at radius 1 is 1.04 bits per heavy atom. The number of carbonyl (C=O) groups excluding carboxylic acids is 2. The maximum Gasteiger partial charge on any atom is 0.242 e. The molecule has 0 aliphatic heterocycles. The number of benzene rings is 2. The molecule has 0 fully saturated rings. The second-order valence-electron chi connectivity index (χ2n) is 6.89. The van der Waals surface area contributed by atoms with Gasteiger partial charge in [-0.3, -0.25) is 9.59 Å². The van der Waals surface area contributed by atoms with Crippen molar-refractivity contribution in [1.82, 2.24) is 10.2 Å². The van der Waals surface area contributed by atoms with Gasteiger partial charge in [-0.1, -0.05) is 57.4 Å². The molecule has 144 valence electrons. The molecule has 2 rings (SSSR count). The highest BCUT2D eigenvalue weighted by molar-refractivity contribution is 9.10. The van der Waals surface area contributed by atoms with Crippen molar-refractivity contribution in [2.45, 2.75) is 46.7 Å². The number of hydrogen-bond donors (Lipinski definition) is 1. The van der Waals surface area contributed by atoms with E-state index in [9.17, 15) is 9.59 Å². The number of aryl methyl sites for hydroxylation is 2. The third kappa shape index (κ3) is 6.21. The van der Waals surface area contributed by atoms with Crippen LogP contribution in [0.5, 0.6) is 0 Å². The second-order valence-corrected chi connectivity index (χ2v) is 7.81. The van der Waals surface area contributed by atoms with Gasteiger partial charge in [-0.2, -0.15) is 0 Å². The second kappa shape index (κ2) is 9.70. The minimum Gasteiger partial charge on any atom is -0.355 e. The average Bonchev–Trinajstić information content (AvgIpc) is 2.59. The summed E-state index contributed by atoms with van der Waals surface area (Å²) in [7, 11) is 0. The highest BCUT2D eigenvalue weighted by Gasteiger charge is 2.25. The van der Waals surface area contributed by atoms with Gasteiger partial charge in [-0.15, -0.1) is 0 Å². The molecule has 1 unspecified atom stereocenters. The van der Waals surface area contributed by atoms with Gasteiger partial charge >= 0.3 is 0 Å². The zero-order valence-corrected chi connectivity index (χ0v) is 18.0. The van der Waals surface area contributed by atoms with Crippen LogP contribution in [-0.2, 0) is 22.6 Å². The highest BCUT2D eigenvalue weighted by atomic mass is 79.9. The summed E-state index contributed by atoms with van der Waals surface area (Å²) in [6.07, 6.45) is 0.281. The largest absolute Gasteiger partial charge is 0.355 e. The molecular weight excluding hydrogens is 404 g/mol. The first kappa shape index (κ1) is 21.2. The Kier molecular flexibility index (Phi) is 7.60. The topological polar surface area (TPSA) is 49.4 Å². The Balaban J connectivity index is 2.24. The van der Waals surface area contributed by atoms with Gasteiger partial charge in [0.05, 0.1) is 6.42 Å². The van der Waals surface area contributed by atoms with E-state index in [0.29, 0.717) is 13.1 Å². The van der Waals surface area contributed by atoms with Gasteiger partial charge in [0.2, 0.25) is 11.8 Å². The number of nitrogens with one attached hydrogen (secondary N) is 1.